The SMILES string of the molecule is CC.CC(C)Oc1cccc(C(=O)N[C@@H]2CCCN(C)C2)c1. The monoisotopic (exact) mass is 306 g/mol. The molecule has 1 atom stereocenters. The lowest BCUT2D eigenvalue weighted by atomic mass is 10.1. The Morgan fingerprint density at radius 2 is 2.09 bits per heavy atom. The van der Waals surface area contributed by atoms with Crippen LogP contribution in [0.25, 0.3) is 0 Å². The number of rotatable bonds is 4. The molecule has 0 radical (unpaired) electrons. The fourth-order valence-corrected chi connectivity index (χ4v) is 2.54. The van der Waals surface area contributed by atoms with Crippen molar-refractivity contribution in [2.45, 2.75) is 52.7 Å². The summed E-state index contributed by atoms with van der Waals surface area (Å²) in [6.45, 7) is 9.99. The van der Waals surface area contributed by atoms with Crippen LogP contribution in [0.2, 0.25) is 0 Å². The Bertz CT molecular complexity index is 460. The van der Waals surface area contributed by atoms with Crippen molar-refractivity contribution < 1.29 is 9.53 Å². The predicted molar refractivity (Wildman–Crippen MR) is 91.5 cm³/mol. The van der Waals surface area contributed by atoms with Crippen LogP contribution in [0.5, 0.6) is 5.75 Å². The summed E-state index contributed by atoms with van der Waals surface area (Å²) in [5, 5.41) is 3.11. The zero-order valence-corrected chi connectivity index (χ0v) is 14.6. The minimum Gasteiger partial charge on any atom is -0.491 e. The number of amides is 1. The Hall–Kier alpha value is -1.55. The molecule has 1 amide bonds. The summed E-state index contributed by atoms with van der Waals surface area (Å²) in [6.07, 6.45) is 2.30. The summed E-state index contributed by atoms with van der Waals surface area (Å²) >= 11 is 0. The summed E-state index contributed by atoms with van der Waals surface area (Å²) < 4.78 is 5.62. The average Bonchev–Trinajstić information content (AvgIpc) is 2.49. The zero-order chi connectivity index (χ0) is 16.5. The minimum atomic E-state index is -0.0143. The van der Waals surface area contributed by atoms with Crippen LogP contribution in [0.1, 0.15) is 50.9 Å². The van der Waals surface area contributed by atoms with Crippen LogP contribution < -0.4 is 10.1 Å². The van der Waals surface area contributed by atoms with Crippen molar-refractivity contribution in [3.63, 3.8) is 0 Å². The maximum Gasteiger partial charge on any atom is 0.251 e. The van der Waals surface area contributed by atoms with E-state index in [2.05, 4.69) is 17.3 Å². The predicted octanol–water partition coefficient (Wildman–Crippen LogP) is 3.32. The number of carbonyl (C=O) groups is 1. The maximum atomic E-state index is 12.3. The van der Waals surface area contributed by atoms with Gasteiger partial charge in [0.15, 0.2) is 0 Å². The van der Waals surface area contributed by atoms with E-state index in [1.54, 1.807) is 0 Å². The molecule has 22 heavy (non-hydrogen) atoms. The van der Waals surface area contributed by atoms with Crippen LogP contribution in [0, 0.1) is 0 Å². The third-order valence-corrected chi connectivity index (χ3v) is 3.43. The van der Waals surface area contributed by atoms with Gasteiger partial charge in [-0.15, -0.1) is 0 Å². The molecule has 1 heterocycles. The molecule has 0 aliphatic carbocycles. The minimum absolute atomic E-state index is 0.0143. The molecule has 1 fully saturated rings. The van der Waals surface area contributed by atoms with Crippen LogP contribution in [0.3, 0.4) is 0 Å². The van der Waals surface area contributed by atoms with Gasteiger partial charge in [-0.05, 0) is 58.5 Å². The first-order valence-electron chi connectivity index (χ1n) is 8.30. The Morgan fingerprint density at radius 3 is 2.73 bits per heavy atom. The molecular weight excluding hydrogens is 276 g/mol. The number of hydrogen-bond acceptors (Lipinski definition) is 3. The van der Waals surface area contributed by atoms with E-state index in [1.807, 2.05) is 52.0 Å². The molecule has 0 unspecified atom stereocenters. The van der Waals surface area contributed by atoms with Gasteiger partial charge in [0.25, 0.3) is 5.91 Å². The summed E-state index contributed by atoms with van der Waals surface area (Å²) in [7, 11) is 2.09. The van der Waals surface area contributed by atoms with Gasteiger partial charge in [-0.2, -0.15) is 0 Å². The van der Waals surface area contributed by atoms with Gasteiger partial charge in [0.2, 0.25) is 0 Å². The van der Waals surface area contributed by atoms with Crippen molar-refractivity contribution in [2.24, 2.45) is 0 Å². The van der Waals surface area contributed by atoms with Gasteiger partial charge in [0, 0.05) is 18.2 Å². The van der Waals surface area contributed by atoms with Gasteiger partial charge in [-0.1, -0.05) is 19.9 Å². The van der Waals surface area contributed by atoms with Gasteiger partial charge in [-0.25, -0.2) is 0 Å². The lowest BCUT2D eigenvalue weighted by molar-refractivity contribution is 0.0912. The third kappa shape index (κ3) is 6.06. The quantitative estimate of drug-likeness (QED) is 0.928. The van der Waals surface area contributed by atoms with Gasteiger partial charge in [0.05, 0.1) is 6.10 Å². The van der Waals surface area contributed by atoms with Gasteiger partial charge >= 0.3 is 0 Å². The highest BCUT2D eigenvalue weighted by atomic mass is 16.5. The van der Waals surface area contributed by atoms with Crippen molar-refractivity contribution in [1.82, 2.24) is 10.2 Å². The van der Waals surface area contributed by atoms with Gasteiger partial charge in [0.1, 0.15) is 5.75 Å². The largest absolute Gasteiger partial charge is 0.491 e. The van der Waals surface area contributed by atoms with Crippen molar-refractivity contribution >= 4 is 5.91 Å². The molecule has 1 aromatic carbocycles. The van der Waals surface area contributed by atoms with Crippen molar-refractivity contribution in [3.8, 4) is 5.75 Å². The molecule has 1 aliphatic heterocycles. The first-order chi connectivity index (χ1) is 10.5. The second-order valence-corrected chi connectivity index (χ2v) is 5.77. The van der Waals surface area contributed by atoms with E-state index in [4.69, 9.17) is 4.74 Å². The third-order valence-electron chi connectivity index (χ3n) is 3.43. The van der Waals surface area contributed by atoms with E-state index in [9.17, 15) is 4.79 Å². The molecule has 2 rings (SSSR count). The lowest BCUT2D eigenvalue weighted by Gasteiger charge is -2.30. The van der Waals surface area contributed by atoms with Gasteiger partial charge < -0.3 is 15.0 Å². The molecule has 4 nitrogen and oxygen atoms in total. The first-order valence-corrected chi connectivity index (χ1v) is 8.30. The number of hydrogen-bond donors (Lipinski definition) is 1. The molecule has 1 aliphatic rings. The van der Waals surface area contributed by atoms with Crippen LogP contribution in [0.15, 0.2) is 24.3 Å². The van der Waals surface area contributed by atoms with E-state index in [-0.39, 0.29) is 18.1 Å². The summed E-state index contributed by atoms with van der Waals surface area (Å²) in [5.41, 5.74) is 0.663. The van der Waals surface area contributed by atoms with Crippen LogP contribution in [-0.4, -0.2) is 43.1 Å². The van der Waals surface area contributed by atoms with Crippen LogP contribution in [-0.2, 0) is 0 Å². The molecule has 1 aromatic rings. The zero-order valence-electron chi connectivity index (χ0n) is 14.6. The molecule has 124 valence electrons. The number of piperidine rings is 1. The van der Waals surface area contributed by atoms with Crippen LogP contribution in [0.4, 0.5) is 0 Å². The van der Waals surface area contributed by atoms with E-state index in [0.29, 0.717) is 5.56 Å². The highest BCUT2D eigenvalue weighted by Gasteiger charge is 2.19. The first kappa shape index (κ1) is 18.5. The number of nitrogens with zero attached hydrogens (tertiary/aromatic N) is 1. The second-order valence-electron chi connectivity index (χ2n) is 5.77. The summed E-state index contributed by atoms with van der Waals surface area (Å²) in [6, 6.07) is 7.62. The number of likely N-dealkylation sites (tertiary alicyclic amines) is 1. The van der Waals surface area contributed by atoms with E-state index < -0.39 is 0 Å². The maximum absolute atomic E-state index is 12.3. The van der Waals surface area contributed by atoms with E-state index >= 15 is 0 Å². The summed E-state index contributed by atoms with van der Waals surface area (Å²) in [5.74, 6) is 0.730. The van der Waals surface area contributed by atoms with Crippen molar-refractivity contribution in [1.29, 1.82) is 0 Å². The highest BCUT2D eigenvalue weighted by molar-refractivity contribution is 5.94. The Morgan fingerprint density at radius 1 is 1.36 bits per heavy atom. The Kier molecular flexibility index (Phi) is 7.96. The Labute approximate surface area is 134 Å². The van der Waals surface area contributed by atoms with Crippen molar-refractivity contribution in [3.05, 3.63) is 29.8 Å². The highest BCUT2D eigenvalue weighted by Crippen LogP contribution is 2.16. The molecular formula is C18H30N2O2. The lowest BCUT2D eigenvalue weighted by Crippen LogP contribution is -2.46. The second kappa shape index (κ2) is 9.46. The van der Waals surface area contributed by atoms with Crippen molar-refractivity contribution in [2.75, 3.05) is 20.1 Å². The Balaban J connectivity index is 0.00000116. The standard InChI is InChI=1S/C16H24N2O2.C2H6/c1-12(2)20-15-8-4-6-13(10-15)16(19)17-14-7-5-9-18(3)11-14;1-2/h4,6,8,10,12,14H,5,7,9,11H2,1-3H3,(H,17,19);1-2H3/t14-;/m1./s1. The molecule has 0 saturated carbocycles. The van der Waals surface area contributed by atoms with E-state index in [1.165, 1.54) is 0 Å². The van der Waals surface area contributed by atoms with Crippen LogP contribution >= 0.6 is 0 Å². The molecule has 1 saturated heterocycles. The molecule has 0 aromatic heterocycles. The van der Waals surface area contributed by atoms with Gasteiger partial charge in [-0.3, -0.25) is 4.79 Å². The molecule has 4 heteroatoms. The average molecular weight is 306 g/mol. The number of ether oxygens (including phenoxy) is 1. The number of nitrogens with one attached hydrogen (secondary N) is 1. The topological polar surface area (TPSA) is 41.6 Å². The normalized spacial score (nSPS) is 18.4. The molecule has 0 bridgehead atoms. The number of benzene rings is 1. The number of likely N-dealkylation sites (N-methyl/N-ethyl adjacent to an activating group) is 1. The molecule has 0 spiro atoms. The summed E-state index contributed by atoms with van der Waals surface area (Å²) in [4.78, 5) is 14.5. The fraction of sp³-hybridized carbons (Fsp3) is 0.611. The number of carbonyl (C=O) groups excluding carboxylic acids is 1. The molecule has 1 N–H and O–H groups in total. The van der Waals surface area contributed by atoms with E-state index in [0.717, 1.165) is 31.7 Å². The smallest absolute Gasteiger partial charge is 0.251 e. The fourth-order valence-electron chi connectivity index (χ4n) is 2.54.